The first-order chi connectivity index (χ1) is 15.3. The lowest BCUT2D eigenvalue weighted by atomic mass is 9.99. The third-order valence-electron chi connectivity index (χ3n) is 5.25. The van der Waals surface area contributed by atoms with Crippen molar-refractivity contribution < 1.29 is 22.3 Å². The second-order valence-electron chi connectivity index (χ2n) is 7.44. The molecule has 1 aromatic carbocycles. The van der Waals surface area contributed by atoms with Crippen molar-refractivity contribution in [3.05, 3.63) is 46.4 Å². The Morgan fingerprint density at radius 1 is 1.31 bits per heavy atom. The summed E-state index contributed by atoms with van der Waals surface area (Å²) in [5.41, 5.74) is 1.11. The van der Waals surface area contributed by atoms with Crippen molar-refractivity contribution >= 4 is 43.7 Å². The van der Waals surface area contributed by atoms with Crippen LogP contribution in [0, 0.1) is 18.7 Å². The number of nitrogens with zero attached hydrogens (tertiary/aromatic N) is 2. The Labute approximate surface area is 193 Å². The van der Waals surface area contributed by atoms with E-state index < -0.39 is 21.8 Å². The molecule has 2 aromatic heterocycles. The number of nitrogens with one attached hydrogen (secondary N) is 1. The number of ether oxygens (including phenoxy) is 1. The number of amides is 1. The molecule has 1 amide bonds. The number of carbonyl (C=O) groups excluding carboxylic acids is 1. The first-order valence-electron chi connectivity index (χ1n) is 9.95. The van der Waals surface area contributed by atoms with Crippen molar-refractivity contribution in [1.29, 1.82) is 0 Å². The van der Waals surface area contributed by atoms with Crippen LogP contribution in [0.25, 0.3) is 11.3 Å². The van der Waals surface area contributed by atoms with Gasteiger partial charge in [0.2, 0.25) is 5.91 Å². The molecule has 0 saturated carbocycles. The SMILES string of the molecule is COc1ccc(-c2csc(NC(=O)C3CCCN(S(=O)(=O)c4ccc(C)s4)C3)n2)cc1F. The first-order valence-corrected chi connectivity index (χ1v) is 13.1. The number of sulfonamides is 1. The summed E-state index contributed by atoms with van der Waals surface area (Å²) < 4.78 is 46.4. The van der Waals surface area contributed by atoms with E-state index in [0.717, 1.165) is 4.88 Å². The van der Waals surface area contributed by atoms with Crippen molar-refractivity contribution in [1.82, 2.24) is 9.29 Å². The zero-order valence-electron chi connectivity index (χ0n) is 17.5. The number of halogens is 1. The Morgan fingerprint density at radius 2 is 2.12 bits per heavy atom. The van der Waals surface area contributed by atoms with E-state index in [9.17, 15) is 17.6 Å². The zero-order chi connectivity index (χ0) is 22.9. The van der Waals surface area contributed by atoms with E-state index >= 15 is 0 Å². The number of aromatic nitrogens is 1. The Morgan fingerprint density at radius 3 is 2.81 bits per heavy atom. The molecule has 1 N–H and O–H groups in total. The average molecular weight is 496 g/mol. The molecule has 1 aliphatic rings. The smallest absolute Gasteiger partial charge is 0.252 e. The predicted molar refractivity (Wildman–Crippen MR) is 123 cm³/mol. The van der Waals surface area contributed by atoms with E-state index in [0.29, 0.717) is 40.0 Å². The summed E-state index contributed by atoms with van der Waals surface area (Å²) in [6.45, 7) is 2.39. The lowest BCUT2D eigenvalue weighted by molar-refractivity contribution is -0.120. The van der Waals surface area contributed by atoms with Crippen molar-refractivity contribution in [2.45, 2.75) is 24.0 Å². The van der Waals surface area contributed by atoms with Gasteiger partial charge in [-0.25, -0.2) is 17.8 Å². The summed E-state index contributed by atoms with van der Waals surface area (Å²) in [4.78, 5) is 18.1. The van der Waals surface area contributed by atoms with Gasteiger partial charge in [0.15, 0.2) is 16.7 Å². The number of carbonyl (C=O) groups is 1. The highest BCUT2D eigenvalue weighted by molar-refractivity contribution is 7.91. The lowest BCUT2D eigenvalue weighted by Gasteiger charge is -2.30. The minimum atomic E-state index is -3.61. The second-order valence-corrected chi connectivity index (χ2v) is 11.8. The van der Waals surface area contributed by atoms with Gasteiger partial charge in [-0.2, -0.15) is 4.31 Å². The molecule has 32 heavy (non-hydrogen) atoms. The monoisotopic (exact) mass is 495 g/mol. The van der Waals surface area contributed by atoms with Crippen LogP contribution in [0.3, 0.4) is 0 Å². The number of benzene rings is 1. The molecular weight excluding hydrogens is 473 g/mol. The number of anilines is 1. The van der Waals surface area contributed by atoms with Gasteiger partial charge < -0.3 is 10.1 Å². The van der Waals surface area contributed by atoms with Crippen LogP contribution in [0.2, 0.25) is 0 Å². The number of aryl methyl sites for hydroxylation is 1. The van der Waals surface area contributed by atoms with Gasteiger partial charge in [-0.05, 0) is 50.1 Å². The van der Waals surface area contributed by atoms with Gasteiger partial charge in [0.25, 0.3) is 10.0 Å². The summed E-state index contributed by atoms with van der Waals surface area (Å²) in [5.74, 6) is -1.08. The number of hydrogen-bond acceptors (Lipinski definition) is 7. The van der Waals surface area contributed by atoms with Crippen molar-refractivity contribution in [3.63, 3.8) is 0 Å². The topological polar surface area (TPSA) is 88.6 Å². The van der Waals surface area contributed by atoms with Crippen molar-refractivity contribution in [2.75, 3.05) is 25.5 Å². The fraction of sp³-hybridized carbons (Fsp3) is 0.333. The van der Waals surface area contributed by atoms with Gasteiger partial charge in [-0.3, -0.25) is 4.79 Å². The van der Waals surface area contributed by atoms with Crippen LogP contribution in [0.1, 0.15) is 17.7 Å². The first kappa shape index (κ1) is 22.8. The number of hydrogen-bond donors (Lipinski definition) is 1. The number of methoxy groups -OCH3 is 1. The summed E-state index contributed by atoms with van der Waals surface area (Å²) in [6.07, 6.45) is 1.21. The van der Waals surface area contributed by atoms with Crippen LogP contribution in [-0.4, -0.2) is 43.8 Å². The second kappa shape index (κ2) is 9.26. The van der Waals surface area contributed by atoms with Crippen LogP contribution >= 0.6 is 22.7 Å². The van der Waals surface area contributed by atoms with Gasteiger partial charge in [0.1, 0.15) is 4.21 Å². The molecule has 1 atom stereocenters. The van der Waals surface area contributed by atoms with Gasteiger partial charge in [-0.15, -0.1) is 22.7 Å². The number of thiazole rings is 1. The number of piperidine rings is 1. The highest BCUT2D eigenvalue weighted by Crippen LogP contribution is 2.31. The molecule has 3 heterocycles. The molecule has 170 valence electrons. The molecule has 11 heteroatoms. The average Bonchev–Trinajstić information content (AvgIpc) is 3.43. The van der Waals surface area contributed by atoms with Gasteiger partial charge >= 0.3 is 0 Å². The Hall–Kier alpha value is -2.34. The highest BCUT2D eigenvalue weighted by atomic mass is 32.2. The minimum absolute atomic E-state index is 0.132. The fourth-order valence-electron chi connectivity index (χ4n) is 3.55. The molecule has 1 unspecified atom stereocenters. The van der Waals surface area contributed by atoms with Gasteiger partial charge in [0.05, 0.1) is 18.7 Å². The molecule has 3 aromatic rings. The van der Waals surface area contributed by atoms with E-state index in [1.54, 1.807) is 23.6 Å². The predicted octanol–water partition coefficient (Wildman–Crippen LogP) is 4.37. The number of thiophene rings is 1. The van der Waals surface area contributed by atoms with Crippen molar-refractivity contribution in [2.24, 2.45) is 5.92 Å². The summed E-state index contributed by atoms with van der Waals surface area (Å²) in [7, 11) is -2.21. The summed E-state index contributed by atoms with van der Waals surface area (Å²) in [5, 5.41) is 4.90. The largest absolute Gasteiger partial charge is 0.494 e. The molecule has 0 bridgehead atoms. The quantitative estimate of drug-likeness (QED) is 0.549. The zero-order valence-corrected chi connectivity index (χ0v) is 19.9. The number of rotatable bonds is 6. The van der Waals surface area contributed by atoms with E-state index in [1.165, 1.54) is 46.2 Å². The maximum atomic E-state index is 14.0. The Balaban J connectivity index is 1.43. The van der Waals surface area contributed by atoms with Crippen LogP contribution in [0.5, 0.6) is 5.75 Å². The molecule has 7 nitrogen and oxygen atoms in total. The molecule has 0 radical (unpaired) electrons. The highest BCUT2D eigenvalue weighted by Gasteiger charge is 2.34. The van der Waals surface area contributed by atoms with Crippen LogP contribution < -0.4 is 10.1 Å². The Bertz CT molecular complexity index is 1240. The molecular formula is C21H22FN3O4S3. The maximum Gasteiger partial charge on any atom is 0.252 e. The molecule has 0 spiro atoms. The third-order valence-corrected chi connectivity index (χ3v) is 9.34. The van der Waals surface area contributed by atoms with Crippen LogP contribution in [0.15, 0.2) is 39.9 Å². The molecule has 4 rings (SSSR count). The Kier molecular flexibility index (Phi) is 6.61. The molecule has 1 aliphatic heterocycles. The summed E-state index contributed by atoms with van der Waals surface area (Å²) in [6, 6.07) is 7.93. The standard InChI is InChI=1S/C21H22FN3O4S3/c1-13-5-8-19(31-13)32(27,28)25-9-3-4-15(11-25)20(26)24-21-23-17(12-30-21)14-6-7-18(29-2)16(22)10-14/h5-8,10,12,15H,3-4,9,11H2,1-2H3,(H,23,24,26). The van der Waals surface area contributed by atoms with E-state index in [4.69, 9.17) is 4.74 Å². The van der Waals surface area contributed by atoms with E-state index in [1.807, 2.05) is 6.92 Å². The minimum Gasteiger partial charge on any atom is -0.494 e. The van der Waals surface area contributed by atoms with Crippen LogP contribution in [0.4, 0.5) is 9.52 Å². The maximum absolute atomic E-state index is 14.0. The van der Waals surface area contributed by atoms with E-state index in [2.05, 4.69) is 10.3 Å². The molecule has 0 aliphatic carbocycles. The van der Waals surface area contributed by atoms with E-state index in [-0.39, 0.29) is 18.2 Å². The van der Waals surface area contributed by atoms with Gasteiger partial charge in [0, 0.05) is 28.9 Å². The summed E-state index contributed by atoms with van der Waals surface area (Å²) >= 11 is 2.46. The van der Waals surface area contributed by atoms with Crippen molar-refractivity contribution in [3.8, 4) is 17.0 Å². The third kappa shape index (κ3) is 4.70. The normalized spacial score (nSPS) is 17.3. The molecule has 1 saturated heterocycles. The fourth-order valence-corrected chi connectivity index (χ4v) is 7.23. The van der Waals surface area contributed by atoms with Gasteiger partial charge in [-0.1, -0.05) is 0 Å². The molecule has 1 fully saturated rings. The lowest BCUT2D eigenvalue weighted by Crippen LogP contribution is -2.43. The van der Waals surface area contributed by atoms with Crippen LogP contribution in [-0.2, 0) is 14.8 Å².